The summed E-state index contributed by atoms with van der Waals surface area (Å²) in [5.74, 6) is 0.735. The molecule has 1 aromatic heterocycles. The molecule has 0 spiro atoms. The highest BCUT2D eigenvalue weighted by Crippen LogP contribution is 2.21. The summed E-state index contributed by atoms with van der Waals surface area (Å²) in [5, 5.41) is 3.31. The van der Waals surface area contributed by atoms with E-state index in [9.17, 15) is 8.42 Å². The second kappa shape index (κ2) is 6.54. The van der Waals surface area contributed by atoms with Crippen molar-refractivity contribution < 1.29 is 8.42 Å². The van der Waals surface area contributed by atoms with Crippen LogP contribution in [0.3, 0.4) is 0 Å². The van der Waals surface area contributed by atoms with Gasteiger partial charge in [0, 0.05) is 25.3 Å². The standard InChI is InChI=1S/C14H23N3O2S/c1-3-12(4-2)16-14-8-7-13(11-15-14)20(18,19)17-9-5-6-10-17/h7-8,11-12H,3-6,9-10H2,1-2H3,(H,15,16). The maximum atomic E-state index is 12.3. The van der Waals surface area contributed by atoms with E-state index in [1.807, 2.05) is 0 Å². The van der Waals surface area contributed by atoms with Gasteiger partial charge in [-0.2, -0.15) is 4.31 Å². The zero-order chi connectivity index (χ0) is 14.6. The van der Waals surface area contributed by atoms with Crippen LogP contribution in [0.1, 0.15) is 39.5 Å². The van der Waals surface area contributed by atoms with E-state index < -0.39 is 10.0 Å². The van der Waals surface area contributed by atoms with Crippen molar-refractivity contribution in [3.63, 3.8) is 0 Å². The molecule has 0 aromatic carbocycles. The molecule has 112 valence electrons. The van der Waals surface area contributed by atoms with Crippen LogP contribution in [0.5, 0.6) is 0 Å². The SMILES string of the molecule is CCC(CC)Nc1ccc(S(=O)(=O)N2CCCC2)cn1. The van der Waals surface area contributed by atoms with E-state index in [0.717, 1.165) is 31.5 Å². The van der Waals surface area contributed by atoms with Gasteiger partial charge in [-0.3, -0.25) is 0 Å². The van der Waals surface area contributed by atoms with Crippen LogP contribution in [-0.4, -0.2) is 36.8 Å². The number of anilines is 1. The number of nitrogens with one attached hydrogen (secondary N) is 1. The molecule has 0 radical (unpaired) electrons. The van der Waals surface area contributed by atoms with Crippen LogP contribution < -0.4 is 5.32 Å². The molecular formula is C14H23N3O2S. The molecule has 5 nitrogen and oxygen atoms in total. The maximum Gasteiger partial charge on any atom is 0.244 e. The van der Waals surface area contributed by atoms with Crippen LogP contribution in [0.2, 0.25) is 0 Å². The van der Waals surface area contributed by atoms with E-state index in [1.165, 1.54) is 10.5 Å². The first-order valence-electron chi connectivity index (χ1n) is 7.30. The molecule has 0 bridgehead atoms. The number of aromatic nitrogens is 1. The highest BCUT2D eigenvalue weighted by molar-refractivity contribution is 7.89. The van der Waals surface area contributed by atoms with Gasteiger partial charge in [-0.05, 0) is 37.8 Å². The predicted molar refractivity (Wildman–Crippen MR) is 80.2 cm³/mol. The van der Waals surface area contributed by atoms with Gasteiger partial charge in [0.15, 0.2) is 0 Å². The summed E-state index contributed by atoms with van der Waals surface area (Å²) in [7, 11) is -3.35. The fraction of sp³-hybridized carbons (Fsp3) is 0.643. The minimum absolute atomic E-state index is 0.287. The van der Waals surface area contributed by atoms with E-state index in [0.29, 0.717) is 19.1 Å². The second-order valence-corrected chi connectivity index (χ2v) is 7.09. The lowest BCUT2D eigenvalue weighted by Gasteiger charge is -2.17. The zero-order valence-electron chi connectivity index (χ0n) is 12.2. The fourth-order valence-electron chi connectivity index (χ4n) is 2.40. The van der Waals surface area contributed by atoms with Gasteiger partial charge in [-0.1, -0.05) is 13.8 Å². The predicted octanol–water partition coefficient (Wildman–Crippen LogP) is 2.47. The normalized spacial score (nSPS) is 16.8. The summed E-state index contributed by atoms with van der Waals surface area (Å²) in [6, 6.07) is 3.77. The Morgan fingerprint density at radius 2 is 1.90 bits per heavy atom. The molecule has 0 unspecified atom stereocenters. The Morgan fingerprint density at radius 3 is 2.40 bits per heavy atom. The Bertz CT molecular complexity index is 518. The second-order valence-electron chi connectivity index (χ2n) is 5.15. The molecule has 20 heavy (non-hydrogen) atoms. The summed E-state index contributed by atoms with van der Waals surface area (Å²) >= 11 is 0. The molecule has 1 aromatic rings. The molecule has 1 aliphatic heterocycles. The van der Waals surface area contributed by atoms with Gasteiger partial charge in [0.05, 0.1) is 0 Å². The third-order valence-electron chi connectivity index (χ3n) is 3.78. The third-order valence-corrected chi connectivity index (χ3v) is 5.66. The van der Waals surface area contributed by atoms with Crippen molar-refractivity contribution in [2.24, 2.45) is 0 Å². The topological polar surface area (TPSA) is 62.3 Å². The molecule has 0 saturated carbocycles. The van der Waals surface area contributed by atoms with Gasteiger partial charge < -0.3 is 5.32 Å². The number of hydrogen-bond donors (Lipinski definition) is 1. The summed E-state index contributed by atoms with van der Waals surface area (Å²) in [5.41, 5.74) is 0. The van der Waals surface area contributed by atoms with Crippen LogP contribution in [-0.2, 0) is 10.0 Å². The molecular weight excluding hydrogens is 274 g/mol. The van der Waals surface area contributed by atoms with Gasteiger partial charge in [0.1, 0.15) is 10.7 Å². The van der Waals surface area contributed by atoms with Crippen LogP contribution in [0.4, 0.5) is 5.82 Å². The molecule has 0 atom stereocenters. The lowest BCUT2D eigenvalue weighted by atomic mass is 10.2. The van der Waals surface area contributed by atoms with E-state index >= 15 is 0 Å². The van der Waals surface area contributed by atoms with Gasteiger partial charge in [-0.15, -0.1) is 0 Å². The molecule has 1 aliphatic rings. The van der Waals surface area contributed by atoms with Crippen molar-refractivity contribution in [2.75, 3.05) is 18.4 Å². The quantitative estimate of drug-likeness (QED) is 0.876. The van der Waals surface area contributed by atoms with Crippen LogP contribution >= 0.6 is 0 Å². The average Bonchev–Trinajstić information content (AvgIpc) is 3.00. The highest BCUT2D eigenvalue weighted by Gasteiger charge is 2.27. The van der Waals surface area contributed by atoms with Crippen molar-refractivity contribution in [3.8, 4) is 0 Å². The molecule has 2 rings (SSSR count). The average molecular weight is 297 g/mol. The maximum absolute atomic E-state index is 12.3. The van der Waals surface area contributed by atoms with E-state index in [2.05, 4.69) is 24.1 Å². The largest absolute Gasteiger partial charge is 0.367 e. The summed E-state index contributed by atoms with van der Waals surface area (Å²) in [6.07, 6.45) is 5.39. The van der Waals surface area contributed by atoms with Crippen molar-refractivity contribution in [1.29, 1.82) is 0 Å². The first kappa shape index (κ1) is 15.3. The minimum atomic E-state index is -3.35. The van der Waals surface area contributed by atoms with E-state index in [-0.39, 0.29) is 4.90 Å². The minimum Gasteiger partial charge on any atom is -0.367 e. The summed E-state index contributed by atoms with van der Waals surface area (Å²) in [6.45, 7) is 5.48. The van der Waals surface area contributed by atoms with Gasteiger partial charge >= 0.3 is 0 Å². The van der Waals surface area contributed by atoms with Crippen molar-refractivity contribution in [3.05, 3.63) is 18.3 Å². The number of nitrogens with zero attached hydrogens (tertiary/aromatic N) is 2. The Kier molecular flexibility index (Phi) is 4.99. The summed E-state index contributed by atoms with van der Waals surface area (Å²) in [4.78, 5) is 4.52. The Balaban J connectivity index is 2.11. The molecule has 6 heteroatoms. The molecule has 1 N–H and O–H groups in total. The smallest absolute Gasteiger partial charge is 0.244 e. The molecule has 1 fully saturated rings. The van der Waals surface area contributed by atoms with Crippen LogP contribution in [0, 0.1) is 0 Å². The number of rotatable bonds is 6. The van der Waals surface area contributed by atoms with Gasteiger partial charge in [0.2, 0.25) is 10.0 Å². The number of pyridine rings is 1. The Morgan fingerprint density at radius 1 is 1.25 bits per heavy atom. The first-order chi connectivity index (χ1) is 9.57. The van der Waals surface area contributed by atoms with E-state index in [4.69, 9.17) is 0 Å². The lowest BCUT2D eigenvalue weighted by molar-refractivity contribution is 0.477. The zero-order valence-corrected chi connectivity index (χ0v) is 13.0. The Labute approximate surface area is 121 Å². The van der Waals surface area contributed by atoms with E-state index in [1.54, 1.807) is 12.1 Å². The van der Waals surface area contributed by atoms with Crippen LogP contribution in [0.15, 0.2) is 23.2 Å². The third kappa shape index (κ3) is 3.30. The van der Waals surface area contributed by atoms with Gasteiger partial charge in [0.25, 0.3) is 0 Å². The Hall–Kier alpha value is -1.14. The molecule has 2 heterocycles. The van der Waals surface area contributed by atoms with Crippen LogP contribution in [0.25, 0.3) is 0 Å². The van der Waals surface area contributed by atoms with Gasteiger partial charge in [-0.25, -0.2) is 13.4 Å². The number of hydrogen-bond acceptors (Lipinski definition) is 4. The highest BCUT2D eigenvalue weighted by atomic mass is 32.2. The monoisotopic (exact) mass is 297 g/mol. The number of sulfonamides is 1. The molecule has 0 amide bonds. The molecule has 0 aliphatic carbocycles. The fourth-order valence-corrected chi connectivity index (χ4v) is 3.86. The first-order valence-corrected chi connectivity index (χ1v) is 8.74. The molecule has 1 saturated heterocycles. The van der Waals surface area contributed by atoms with Crippen molar-refractivity contribution >= 4 is 15.8 Å². The van der Waals surface area contributed by atoms with Crippen molar-refractivity contribution in [2.45, 2.75) is 50.5 Å². The summed E-state index contributed by atoms with van der Waals surface area (Å²) < 4.78 is 26.2. The lowest BCUT2D eigenvalue weighted by Crippen LogP contribution is -2.28. The van der Waals surface area contributed by atoms with Crippen molar-refractivity contribution in [1.82, 2.24) is 9.29 Å².